The molecule has 0 amide bonds. The normalized spacial score (nSPS) is 19.6. The molecule has 1 aromatic heterocycles. The van der Waals surface area contributed by atoms with Gasteiger partial charge in [-0.3, -0.25) is 4.90 Å². The van der Waals surface area contributed by atoms with Crippen LogP contribution in [0.4, 0.5) is 5.69 Å². The van der Waals surface area contributed by atoms with Crippen molar-refractivity contribution in [2.75, 3.05) is 18.4 Å². The molecule has 1 aromatic carbocycles. The maximum atomic E-state index is 3.67. The highest BCUT2D eigenvalue weighted by Gasteiger charge is 2.23. The summed E-state index contributed by atoms with van der Waals surface area (Å²) in [5.74, 6) is 0. The van der Waals surface area contributed by atoms with Gasteiger partial charge in [-0.25, -0.2) is 0 Å². The van der Waals surface area contributed by atoms with Gasteiger partial charge in [0, 0.05) is 48.9 Å². The second-order valence-electron chi connectivity index (χ2n) is 5.86. The van der Waals surface area contributed by atoms with Gasteiger partial charge in [0.05, 0.1) is 0 Å². The van der Waals surface area contributed by atoms with Gasteiger partial charge in [-0.1, -0.05) is 6.07 Å². The third-order valence-electron chi connectivity index (χ3n) is 4.07. The van der Waals surface area contributed by atoms with Crippen LogP contribution in [0.15, 0.2) is 48.8 Å². The lowest BCUT2D eigenvalue weighted by atomic mass is 10.2. The predicted molar refractivity (Wildman–Crippen MR) is 84.5 cm³/mol. The highest BCUT2D eigenvalue weighted by Crippen LogP contribution is 2.20. The third kappa shape index (κ3) is 2.88. The average molecular weight is 269 g/mol. The first kappa shape index (κ1) is 13.3. The Labute approximate surface area is 121 Å². The highest BCUT2D eigenvalue weighted by atomic mass is 15.2. The zero-order valence-electron chi connectivity index (χ0n) is 12.3. The molecule has 1 N–H and O–H groups in total. The van der Waals surface area contributed by atoms with Gasteiger partial charge in [0.1, 0.15) is 0 Å². The number of anilines is 1. The minimum atomic E-state index is 0.567. The number of likely N-dealkylation sites (tertiary alicyclic amines) is 1. The Kier molecular flexibility index (Phi) is 3.79. The van der Waals surface area contributed by atoms with Crippen LogP contribution >= 0.6 is 0 Å². The Morgan fingerprint density at radius 2 is 1.95 bits per heavy atom. The monoisotopic (exact) mass is 269 g/mol. The number of nitrogens with zero attached hydrogens (tertiary/aromatic N) is 2. The quantitative estimate of drug-likeness (QED) is 0.918. The number of aromatic nitrogens is 1. The van der Waals surface area contributed by atoms with E-state index in [9.17, 15) is 0 Å². The first-order valence-corrected chi connectivity index (χ1v) is 7.46. The van der Waals surface area contributed by atoms with Crippen LogP contribution in [-0.2, 0) is 0 Å². The fraction of sp³-hybridized carbons (Fsp3) is 0.412. The Morgan fingerprint density at radius 3 is 2.65 bits per heavy atom. The van der Waals surface area contributed by atoms with Gasteiger partial charge in [-0.2, -0.15) is 0 Å². The molecule has 1 fully saturated rings. The van der Waals surface area contributed by atoms with E-state index in [-0.39, 0.29) is 0 Å². The van der Waals surface area contributed by atoms with Gasteiger partial charge >= 0.3 is 0 Å². The molecule has 3 nitrogen and oxygen atoms in total. The van der Waals surface area contributed by atoms with Crippen molar-refractivity contribution < 1.29 is 0 Å². The molecule has 3 rings (SSSR count). The average Bonchev–Trinajstić information content (AvgIpc) is 3.10. The second-order valence-corrected chi connectivity index (χ2v) is 5.86. The summed E-state index contributed by atoms with van der Waals surface area (Å²) < 4.78 is 2.14. The minimum absolute atomic E-state index is 0.567. The standard InChI is InChI=1S/C17H23N3/c1-14(2)20-11-8-16(13-20)18-15-6-5-7-17(12-15)19-9-3-4-10-19/h3-7,9-10,12,14,16,18H,8,11,13H2,1-2H3. The van der Waals surface area contributed by atoms with E-state index in [1.165, 1.54) is 24.3 Å². The summed E-state index contributed by atoms with van der Waals surface area (Å²) in [7, 11) is 0. The molecule has 0 bridgehead atoms. The van der Waals surface area contributed by atoms with E-state index in [2.05, 4.69) is 77.4 Å². The summed E-state index contributed by atoms with van der Waals surface area (Å²) in [6.07, 6.45) is 5.39. The highest BCUT2D eigenvalue weighted by molar-refractivity contribution is 5.52. The first-order valence-electron chi connectivity index (χ1n) is 7.46. The lowest BCUT2D eigenvalue weighted by molar-refractivity contribution is 0.274. The zero-order valence-corrected chi connectivity index (χ0v) is 12.3. The maximum absolute atomic E-state index is 3.67. The van der Waals surface area contributed by atoms with E-state index < -0.39 is 0 Å². The van der Waals surface area contributed by atoms with Crippen LogP contribution in [-0.4, -0.2) is 34.6 Å². The summed E-state index contributed by atoms with van der Waals surface area (Å²) in [5.41, 5.74) is 2.42. The van der Waals surface area contributed by atoms with Crippen molar-refractivity contribution in [1.29, 1.82) is 0 Å². The summed E-state index contributed by atoms with van der Waals surface area (Å²) in [4.78, 5) is 2.54. The van der Waals surface area contributed by atoms with E-state index in [1.54, 1.807) is 0 Å². The van der Waals surface area contributed by atoms with Crippen LogP contribution in [0.5, 0.6) is 0 Å². The van der Waals surface area contributed by atoms with Gasteiger partial charge in [-0.15, -0.1) is 0 Å². The van der Waals surface area contributed by atoms with Crippen LogP contribution < -0.4 is 5.32 Å². The van der Waals surface area contributed by atoms with Crippen molar-refractivity contribution >= 4 is 5.69 Å². The molecule has 0 aliphatic carbocycles. The van der Waals surface area contributed by atoms with Crippen molar-refractivity contribution in [3.63, 3.8) is 0 Å². The molecule has 1 atom stereocenters. The largest absolute Gasteiger partial charge is 0.381 e. The van der Waals surface area contributed by atoms with Crippen molar-refractivity contribution in [2.45, 2.75) is 32.4 Å². The summed E-state index contributed by atoms with van der Waals surface area (Å²) >= 11 is 0. The van der Waals surface area contributed by atoms with Crippen molar-refractivity contribution in [1.82, 2.24) is 9.47 Å². The number of hydrogen-bond acceptors (Lipinski definition) is 2. The van der Waals surface area contributed by atoms with Crippen LogP contribution in [0.1, 0.15) is 20.3 Å². The molecule has 20 heavy (non-hydrogen) atoms. The second kappa shape index (κ2) is 5.71. The Balaban J connectivity index is 1.68. The van der Waals surface area contributed by atoms with Crippen molar-refractivity contribution in [2.24, 2.45) is 0 Å². The minimum Gasteiger partial charge on any atom is -0.381 e. The van der Waals surface area contributed by atoms with Crippen molar-refractivity contribution in [3.8, 4) is 5.69 Å². The molecular weight excluding hydrogens is 246 g/mol. The van der Waals surface area contributed by atoms with Gasteiger partial charge in [0.2, 0.25) is 0 Å². The van der Waals surface area contributed by atoms with Gasteiger partial charge in [0.25, 0.3) is 0 Å². The molecule has 0 radical (unpaired) electrons. The molecule has 2 heterocycles. The number of rotatable bonds is 4. The van der Waals surface area contributed by atoms with Crippen molar-refractivity contribution in [3.05, 3.63) is 48.8 Å². The predicted octanol–water partition coefficient (Wildman–Crippen LogP) is 3.37. The summed E-state index contributed by atoms with van der Waals surface area (Å²) in [6, 6.07) is 14.0. The summed E-state index contributed by atoms with van der Waals surface area (Å²) in [6.45, 7) is 6.89. The molecule has 0 saturated carbocycles. The summed E-state index contributed by atoms with van der Waals surface area (Å²) in [5, 5.41) is 3.67. The molecule has 1 unspecified atom stereocenters. The maximum Gasteiger partial charge on any atom is 0.0469 e. The molecule has 1 aliphatic heterocycles. The Morgan fingerprint density at radius 1 is 1.15 bits per heavy atom. The fourth-order valence-electron chi connectivity index (χ4n) is 2.87. The van der Waals surface area contributed by atoms with Gasteiger partial charge in [-0.05, 0) is 50.6 Å². The van der Waals surface area contributed by atoms with Gasteiger partial charge in [0.15, 0.2) is 0 Å². The van der Waals surface area contributed by atoms with E-state index in [1.807, 2.05) is 0 Å². The van der Waals surface area contributed by atoms with Crippen LogP contribution in [0.2, 0.25) is 0 Å². The van der Waals surface area contributed by atoms with E-state index in [0.717, 1.165) is 6.54 Å². The fourth-order valence-corrected chi connectivity index (χ4v) is 2.87. The lowest BCUT2D eigenvalue weighted by Gasteiger charge is -2.21. The molecule has 106 valence electrons. The van der Waals surface area contributed by atoms with E-state index in [4.69, 9.17) is 0 Å². The van der Waals surface area contributed by atoms with E-state index >= 15 is 0 Å². The first-order chi connectivity index (χ1) is 9.72. The lowest BCUT2D eigenvalue weighted by Crippen LogP contribution is -2.31. The van der Waals surface area contributed by atoms with Gasteiger partial charge < -0.3 is 9.88 Å². The number of benzene rings is 1. The Hall–Kier alpha value is -1.74. The molecule has 1 aliphatic rings. The number of hydrogen-bond donors (Lipinski definition) is 1. The SMILES string of the molecule is CC(C)N1CCC(Nc2cccc(-n3cccc3)c2)C1. The topological polar surface area (TPSA) is 20.2 Å². The number of nitrogens with one attached hydrogen (secondary N) is 1. The smallest absolute Gasteiger partial charge is 0.0469 e. The third-order valence-corrected chi connectivity index (χ3v) is 4.07. The molecular formula is C17H23N3. The van der Waals surface area contributed by atoms with Crippen LogP contribution in [0, 0.1) is 0 Å². The zero-order chi connectivity index (χ0) is 13.9. The molecule has 0 spiro atoms. The molecule has 3 heteroatoms. The van der Waals surface area contributed by atoms with Crippen LogP contribution in [0.3, 0.4) is 0 Å². The van der Waals surface area contributed by atoms with Crippen LogP contribution in [0.25, 0.3) is 5.69 Å². The van der Waals surface area contributed by atoms with E-state index in [0.29, 0.717) is 12.1 Å². The Bertz CT molecular complexity index is 545. The molecule has 1 saturated heterocycles. The molecule has 2 aromatic rings.